The van der Waals surface area contributed by atoms with Crippen LogP contribution in [0.3, 0.4) is 0 Å². The van der Waals surface area contributed by atoms with Gasteiger partial charge in [0, 0.05) is 16.4 Å². The van der Waals surface area contributed by atoms with Crippen LogP contribution in [-0.4, -0.2) is 17.4 Å². The number of esters is 1. The van der Waals surface area contributed by atoms with Crippen molar-refractivity contribution < 1.29 is 14.3 Å². The molecule has 2 rings (SSSR count). The predicted molar refractivity (Wildman–Crippen MR) is 96.4 cm³/mol. The predicted octanol–water partition coefficient (Wildman–Crippen LogP) is 4.78. The van der Waals surface area contributed by atoms with Crippen LogP contribution in [0.2, 0.25) is 0 Å². The summed E-state index contributed by atoms with van der Waals surface area (Å²) in [5.41, 5.74) is 0.297. The Bertz CT molecular complexity index is 699. The second-order valence-corrected chi connectivity index (χ2v) is 9.02. The van der Waals surface area contributed by atoms with Crippen LogP contribution in [0.4, 0.5) is 0 Å². The Balaban J connectivity index is 2.86. The molecular formula is C21H30O3. The molecule has 0 radical (unpaired) electrons. The van der Waals surface area contributed by atoms with Crippen molar-refractivity contribution in [2.75, 3.05) is 0 Å². The molecule has 0 spiro atoms. The zero-order valence-corrected chi connectivity index (χ0v) is 16.5. The average Bonchev–Trinajstić information content (AvgIpc) is 2.66. The van der Waals surface area contributed by atoms with Gasteiger partial charge >= 0.3 is 5.97 Å². The monoisotopic (exact) mass is 330 g/mol. The highest BCUT2D eigenvalue weighted by atomic mass is 16.6. The molecule has 3 heteroatoms. The van der Waals surface area contributed by atoms with Crippen molar-refractivity contribution in [1.29, 1.82) is 0 Å². The largest absolute Gasteiger partial charge is 0.451 e. The van der Waals surface area contributed by atoms with Crippen LogP contribution in [0.1, 0.15) is 62.3 Å². The van der Waals surface area contributed by atoms with Crippen LogP contribution in [0.25, 0.3) is 0 Å². The number of ketones is 1. The summed E-state index contributed by atoms with van der Waals surface area (Å²) in [7, 11) is 0. The number of hydrogen-bond acceptors (Lipinski definition) is 3. The Hall–Kier alpha value is -1.64. The lowest BCUT2D eigenvalue weighted by Crippen LogP contribution is -2.42. The lowest BCUT2D eigenvalue weighted by molar-refractivity contribution is -0.153. The van der Waals surface area contributed by atoms with E-state index in [0.717, 1.165) is 11.1 Å². The Morgan fingerprint density at radius 2 is 1.42 bits per heavy atom. The van der Waals surface area contributed by atoms with Crippen LogP contribution in [-0.2, 0) is 14.3 Å². The van der Waals surface area contributed by atoms with Crippen LogP contribution in [0.5, 0.6) is 0 Å². The molecule has 24 heavy (non-hydrogen) atoms. The normalized spacial score (nSPS) is 31.5. The SMILES string of the molecule is CC1=CC(C)(C)C(C)(C)C2=C(C)C(C)(OC2=O)C(C)(C)C=CC1=O. The first kappa shape index (κ1) is 18.7. The van der Waals surface area contributed by atoms with Gasteiger partial charge in [0.2, 0.25) is 0 Å². The van der Waals surface area contributed by atoms with Crippen molar-refractivity contribution in [2.24, 2.45) is 16.2 Å². The average molecular weight is 330 g/mol. The number of rotatable bonds is 0. The van der Waals surface area contributed by atoms with Gasteiger partial charge in [-0.1, -0.05) is 53.7 Å². The number of fused-ring (bicyclic) bond motifs is 1. The summed E-state index contributed by atoms with van der Waals surface area (Å²) in [5, 5.41) is 0. The highest BCUT2D eigenvalue weighted by Crippen LogP contribution is 2.55. The lowest BCUT2D eigenvalue weighted by atomic mass is 9.61. The van der Waals surface area contributed by atoms with Crippen molar-refractivity contribution >= 4 is 11.8 Å². The van der Waals surface area contributed by atoms with Crippen LogP contribution in [0.15, 0.2) is 34.9 Å². The van der Waals surface area contributed by atoms with Crippen molar-refractivity contribution in [3.8, 4) is 0 Å². The summed E-state index contributed by atoms with van der Waals surface area (Å²) in [4.78, 5) is 25.3. The third-order valence-corrected chi connectivity index (χ3v) is 6.67. The van der Waals surface area contributed by atoms with Crippen molar-refractivity contribution in [3.63, 3.8) is 0 Å². The molecule has 1 heterocycles. The Labute approximate surface area is 145 Å². The smallest absolute Gasteiger partial charge is 0.335 e. The lowest BCUT2D eigenvalue weighted by Gasteiger charge is -2.41. The molecule has 0 aromatic carbocycles. The Morgan fingerprint density at radius 3 is 1.96 bits per heavy atom. The van der Waals surface area contributed by atoms with Crippen molar-refractivity contribution in [1.82, 2.24) is 0 Å². The fourth-order valence-corrected chi connectivity index (χ4v) is 3.73. The first-order chi connectivity index (χ1) is 10.7. The van der Waals surface area contributed by atoms with Gasteiger partial charge in [-0.3, -0.25) is 4.79 Å². The molecule has 0 N–H and O–H groups in total. The number of hydrogen-bond donors (Lipinski definition) is 0. The molecule has 0 aromatic rings. The van der Waals surface area contributed by atoms with Crippen molar-refractivity contribution in [3.05, 3.63) is 34.9 Å². The van der Waals surface area contributed by atoms with Crippen molar-refractivity contribution in [2.45, 2.75) is 67.9 Å². The van der Waals surface area contributed by atoms with Gasteiger partial charge in [-0.2, -0.15) is 0 Å². The quantitative estimate of drug-likeness (QED) is 0.600. The van der Waals surface area contributed by atoms with E-state index in [2.05, 4.69) is 27.7 Å². The number of allylic oxidation sites excluding steroid dienone is 3. The molecule has 0 saturated heterocycles. The summed E-state index contributed by atoms with van der Waals surface area (Å²) >= 11 is 0. The molecule has 0 aromatic heterocycles. The maximum Gasteiger partial charge on any atom is 0.335 e. The summed E-state index contributed by atoms with van der Waals surface area (Å²) < 4.78 is 5.91. The van der Waals surface area contributed by atoms with Gasteiger partial charge in [0.1, 0.15) is 5.60 Å². The third-order valence-electron chi connectivity index (χ3n) is 6.67. The van der Waals surface area contributed by atoms with Gasteiger partial charge in [-0.15, -0.1) is 0 Å². The fourth-order valence-electron chi connectivity index (χ4n) is 3.73. The molecule has 0 amide bonds. The summed E-state index contributed by atoms with van der Waals surface area (Å²) in [6, 6.07) is 0. The fraction of sp³-hybridized carbons (Fsp3) is 0.619. The van der Waals surface area contributed by atoms with E-state index in [9.17, 15) is 9.59 Å². The van der Waals surface area contributed by atoms with E-state index >= 15 is 0 Å². The van der Waals surface area contributed by atoms with E-state index in [-0.39, 0.29) is 17.2 Å². The Kier molecular flexibility index (Phi) is 4.03. The molecule has 1 aliphatic carbocycles. The van der Waals surface area contributed by atoms with Crippen LogP contribution in [0, 0.1) is 16.2 Å². The van der Waals surface area contributed by atoms with Crippen LogP contribution >= 0.6 is 0 Å². The van der Waals surface area contributed by atoms with E-state index in [0.29, 0.717) is 5.57 Å². The van der Waals surface area contributed by atoms with Gasteiger partial charge < -0.3 is 4.74 Å². The van der Waals surface area contributed by atoms with Gasteiger partial charge in [0.25, 0.3) is 0 Å². The van der Waals surface area contributed by atoms with E-state index in [1.165, 1.54) is 0 Å². The summed E-state index contributed by atoms with van der Waals surface area (Å²) in [6.45, 7) is 18.1. The zero-order chi connectivity index (χ0) is 18.7. The van der Waals surface area contributed by atoms with Gasteiger partial charge in [-0.05, 0) is 43.4 Å². The van der Waals surface area contributed by atoms with Gasteiger partial charge in [0.05, 0.1) is 0 Å². The standard InChI is InChI=1S/C21H30O3/c1-13-12-19(5,6)20(7,8)16-14(2)21(9,24-17(16)23)18(3,4)11-10-15(13)22/h10-12H,1-9H3. The first-order valence-electron chi connectivity index (χ1n) is 8.55. The maximum absolute atomic E-state index is 12.8. The van der Waals surface area contributed by atoms with E-state index < -0.39 is 16.4 Å². The molecular weight excluding hydrogens is 300 g/mol. The van der Waals surface area contributed by atoms with E-state index in [1.807, 2.05) is 46.8 Å². The summed E-state index contributed by atoms with van der Waals surface area (Å²) in [6.07, 6.45) is 5.48. The summed E-state index contributed by atoms with van der Waals surface area (Å²) in [5.74, 6) is -0.241. The molecule has 1 aliphatic heterocycles. The molecule has 132 valence electrons. The molecule has 1 unspecified atom stereocenters. The molecule has 2 aliphatic rings. The maximum atomic E-state index is 12.8. The Morgan fingerprint density at radius 1 is 0.875 bits per heavy atom. The molecule has 0 saturated carbocycles. The molecule has 2 bridgehead atoms. The first-order valence-corrected chi connectivity index (χ1v) is 8.55. The van der Waals surface area contributed by atoms with E-state index in [4.69, 9.17) is 4.74 Å². The number of carbonyl (C=O) groups is 2. The number of ether oxygens (including phenoxy) is 1. The highest BCUT2D eigenvalue weighted by Gasteiger charge is 2.56. The minimum atomic E-state index is -0.762. The van der Waals surface area contributed by atoms with Gasteiger partial charge in [0.15, 0.2) is 5.78 Å². The van der Waals surface area contributed by atoms with Crippen LogP contribution < -0.4 is 0 Å². The zero-order valence-electron chi connectivity index (χ0n) is 16.5. The van der Waals surface area contributed by atoms with Gasteiger partial charge in [-0.25, -0.2) is 4.79 Å². The molecule has 3 nitrogen and oxygen atoms in total. The molecule has 0 fully saturated rings. The minimum absolute atomic E-state index is 0.00213. The third kappa shape index (κ3) is 2.40. The number of carbonyl (C=O) groups excluding carboxylic acids is 2. The topological polar surface area (TPSA) is 43.4 Å². The second-order valence-electron chi connectivity index (χ2n) is 9.02. The highest BCUT2D eigenvalue weighted by molar-refractivity contribution is 6.03. The van der Waals surface area contributed by atoms with E-state index in [1.54, 1.807) is 6.08 Å². The minimum Gasteiger partial charge on any atom is -0.451 e. The molecule has 1 atom stereocenters. The second kappa shape index (κ2) is 5.18.